The molecule has 0 fully saturated rings. The van der Waals surface area contributed by atoms with Crippen LogP contribution in [0.2, 0.25) is 0 Å². The number of anilines is 1. The molecule has 7 heteroatoms. The SMILES string of the molecule is Cc1ccc(S(=O)(=O)O)cc1.Cc1nc2c(C=Cc3ccc(N(C)C)cc3)cccc2s1. The van der Waals surface area contributed by atoms with Gasteiger partial charge in [0, 0.05) is 25.3 Å². The molecule has 0 aliphatic rings. The normalized spacial score (nSPS) is 11.4. The summed E-state index contributed by atoms with van der Waals surface area (Å²) < 4.78 is 30.8. The molecule has 0 atom stereocenters. The van der Waals surface area contributed by atoms with Crippen molar-refractivity contribution < 1.29 is 13.0 Å². The lowest BCUT2D eigenvalue weighted by molar-refractivity contribution is 0.483. The predicted molar refractivity (Wildman–Crippen MR) is 135 cm³/mol. The molecule has 5 nitrogen and oxygen atoms in total. The third-order valence-electron chi connectivity index (χ3n) is 4.74. The Bertz CT molecular complexity index is 1320. The number of hydrogen-bond acceptors (Lipinski definition) is 5. The van der Waals surface area contributed by atoms with Crippen molar-refractivity contribution >= 4 is 49.5 Å². The molecule has 0 saturated heterocycles. The number of para-hydroxylation sites is 1. The molecule has 4 rings (SSSR count). The summed E-state index contributed by atoms with van der Waals surface area (Å²) in [7, 11) is 0.0838. The van der Waals surface area contributed by atoms with Crippen molar-refractivity contribution in [1.82, 2.24) is 4.98 Å². The molecule has 0 amide bonds. The van der Waals surface area contributed by atoms with Crippen LogP contribution >= 0.6 is 11.3 Å². The first kappa shape index (κ1) is 23.7. The van der Waals surface area contributed by atoms with E-state index in [4.69, 9.17) is 4.55 Å². The number of aryl methyl sites for hydroxylation is 2. The topological polar surface area (TPSA) is 70.5 Å². The van der Waals surface area contributed by atoms with Gasteiger partial charge in [-0.1, -0.05) is 54.1 Å². The number of benzene rings is 3. The van der Waals surface area contributed by atoms with Crippen molar-refractivity contribution in [2.45, 2.75) is 18.7 Å². The zero-order valence-corrected chi connectivity index (χ0v) is 20.1. The van der Waals surface area contributed by atoms with E-state index in [1.54, 1.807) is 23.5 Å². The Hall–Kier alpha value is -3.00. The molecule has 166 valence electrons. The van der Waals surface area contributed by atoms with E-state index in [2.05, 4.69) is 85.5 Å². The van der Waals surface area contributed by atoms with Gasteiger partial charge in [0.1, 0.15) is 0 Å². The van der Waals surface area contributed by atoms with Gasteiger partial charge in [-0.05, 0) is 49.7 Å². The van der Waals surface area contributed by atoms with E-state index in [0.717, 1.165) is 16.1 Å². The number of rotatable bonds is 4. The van der Waals surface area contributed by atoms with Crippen LogP contribution in [0.3, 0.4) is 0 Å². The summed E-state index contributed by atoms with van der Waals surface area (Å²) in [6.45, 7) is 3.89. The van der Waals surface area contributed by atoms with Gasteiger partial charge in [-0.2, -0.15) is 8.42 Å². The summed E-state index contributed by atoms with van der Waals surface area (Å²) in [6.07, 6.45) is 4.29. The molecule has 1 aromatic heterocycles. The first-order valence-corrected chi connectivity index (χ1v) is 12.2. The lowest BCUT2D eigenvalue weighted by atomic mass is 10.1. The summed E-state index contributed by atoms with van der Waals surface area (Å²) in [6, 6.07) is 20.9. The maximum Gasteiger partial charge on any atom is 0.294 e. The standard InChI is InChI=1S/C18H18N2S.C7H8O3S/c1-13-19-18-15(5-4-6-17(18)21-13)10-7-14-8-11-16(12-9-14)20(2)3;1-6-2-4-7(5-3-6)11(8,9)10/h4-12H,1-3H3;2-5H,1H3,(H,8,9,10). The van der Waals surface area contributed by atoms with E-state index < -0.39 is 10.1 Å². The molecule has 1 heterocycles. The van der Waals surface area contributed by atoms with Crippen LogP contribution in [0.1, 0.15) is 21.7 Å². The number of aromatic nitrogens is 1. The summed E-state index contributed by atoms with van der Waals surface area (Å²) in [5.74, 6) is 0. The maximum atomic E-state index is 10.5. The molecule has 0 unspecified atom stereocenters. The van der Waals surface area contributed by atoms with Gasteiger partial charge in [0.05, 0.1) is 20.1 Å². The largest absolute Gasteiger partial charge is 0.378 e. The van der Waals surface area contributed by atoms with Crippen molar-refractivity contribution in [3.63, 3.8) is 0 Å². The highest BCUT2D eigenvalue weighted by Gasteiger charge is 2.07. The van der Waals surface area contributed by atoms with Crippen LogP contribution in [-0.2, 0) is 10.1 Å². The monoisotopic (exact) mass is 466 g/mol. The summed E-state index contributed by atoms with van der Waals surface area (Å²) in [4.78, 5) is 6.66. The Kier molecular flexibility index (Phi) is 7.45. The minimum absolute atomic E-state index is 0.0666. The van der Waals surface area contributed by atoms with Gasteiger partial charge in [-0.25, -0.2) is 4.98 Å². The molecule has 1 N–H and O–H groups in total. The van der Waals surface area contributed by atoms with E-state index in [0.29, 0.717) is 0 Å². The second-order valence-electron chi connectivity index (χ2n) is 7.53. The smallest absolute Gasteiger partial charge is 0.294 e. The lowest BCUT2D eigenvalue weighted by Gasteiger charge is -2.11. The van der Waals surface area contributed by atoms with Crippen LogP contribution in [0.25, 0.3) is 22.4 Å². The van der Waals surface area contributed by atoms with Gasteiger partial charge in [-0.3, -0.25) is 4.55 Å². The van der Waals surface area contributed by atoms with E-state index in [9.17, 15) is 8.42 Å². The maximum absolute atomic E-state index is 10.5. The van der Waals surface area contributed by atoms with Crippen molar-refractivity contribution in [2.75, 3.05) is 19.0 Å². The number of fused-ring (bicyclic) bond motifs is 1. The van der Waals surface area contributed by atoms with Gasteiger partial charge in [-0.15, -0.1) is 11.3 Å². The summed E-state index contributed by atoms with van der Waals surface area (Å²) in [5.41, 5.74) is 5.64. The minimum atomic E-state index is -4.02. The fourth-order valence-corrected chi connectivity index (χ4v) is 4.34. The van der Waals surface area contributed by atoms with Crippen molar-refractivity contribution in [3.8, 4) is 0 Å². The number of nitrogens with zero attached hydrogens (tertiary/aromatic N) is 2. The fraction of sp³-hybridized carbons (Fsp3) is 0.160. The Morgan fingerprint density at radius 3 is 2.16 bits per heavy atom. The third kappa shape index (κ3) is 6.26. The molecular formula is C25H26N2O3S2. The molecule has 0 saturated carbocycles. The second-order valence-corrected chi connectivity index (χ2v) is 10.2. The van der Waals surface area contributed by atoms with Gasteiger partial charge >= 0.3 is 0 Å². The summed E-state index contributed by atoms with van der Waals surface area (Å²) in [5, 5.41) is 1.11. The van der Waals surface area contributed by atoms with E-state index in [1.165, 1.54) is 33.6 Å². The van der Waals surface area contributed by atoms with Crippen LogP contribution in [0.5, 0.6) is 0 Å². The van der Waals surface area contributed by atoms with Crippen LogP contribution < -0.4 is 4.90 Å². The zero-order chi connectivity index (χ0) is 23.3. The Labute approximate surface area is 193 Å². The molecule has 0 spiro atoms. The Morgan fingerprint density at radius 2 is 1.56 bits per heavy atom. The summed E-state index contributed by atoms with van der Waals surface area (Å²) >= 11 is 1.74. The highest BCUT2D eigenvalue weighted by molar-refractivity contribution is 7.85. The molecule has 0 aliphatic heterocycles. The van der Waals surface area contributed by atoms with Gasteiger partial charge in [0.2, 0.25) is 0 Å². The van der Waals surface area contributed by atoms with E-state index in [1.807, 2.05) is 6.92 Å². The van der Waals surface area contributed by atoms with Crippen molar-refractivity contribution in [3.05, 3.63) is 88.4 Å². The van der Waals surface area contributed by atoms with E-state index >= 15 is 0 Å². The molecule has 0 aliphatic carbocycles. The molecule has 3 aromatic carbocycles. The van der Waals surface area contributed by atoms with Crippen LogP contribution in [0.15, 0.2) is 71.6 Å². The average molecular weight is 467 g/mol. The van der Waals surface area contributed by atoms with Crippen LogP contribution in [0, 0.1) is 13.8 Å². The van der Waals surface area contributed by atoms with Crippen molar-refractivity contribution in [1.29, 1.82) is 0 Å². The Balaban J connectivity index is 0.000000222. The van der Waals surface area contributed by atoms with E-state index in [-0.39, 0.29) is 4.90 Å². The van der Waals surface area contributed by atoms with Crippen LogP contribution in [-0.4, -0.2) is 32.0 Å². The molecule has 0 bridgehead atoms. The van der Waals surface area contributed by atoms with Crippen molar-refractivity contribution in [2.24, 2.45) is 0 Å². The zero-order valence-electron chi connectivity index (χ0n) is 18.5. The second kappa shape index (κ2) is 10.1. The van der Waals surface area contributed by atoms with Gasteiger partial charge < -0.3 is 4.90 Å². The molecule has 32 heavy (non-hydrogen) atoms. The molecule has 4 aromatic rings. The number of thiazole rings is 1. The quantitative estimate of drug-likeness (QED) is 0.291. The molecular weight excluding hydrogens is 440 g/mol. The Morgan fingerprint density at radius 1 is 0.906 bits per heavy atom. The lowest BCUT2D eigenvalue weighted by Crippen LogP contribution is -2.07. The average Bonchev–Trinajstić information content (AvgIpc) is 3.13. The fourth-order valence-electron chi connectivity index (χ4n) is 3.00. The minimum Gasteiger partial charge on any atom is -0.378 e. The highest BCUT2D eigenvalue weighted by atomic mass is 32.2. The number of hydrogen-bond donors (Lipinski definition) is 1. The molecule has 0 radical (unpaired) electrons. The first-order chi connectivity index (χ1) is 15.1. The third-order valence-corrected chi connectivity index (χ3v) is 6.54. The predicted octanol–water partition coefficient (Wildman–Crippen LogP) is 6.08. The van der Waals surface area contributed by atoms with Gasteiger partial charge in [0.25, 0.3) is 10.1 Å². The van der Waals surface area contributed by atoms with Gasteiger partial charge in [0.15, 0.2) is 0 Å². The first-order valence-electron chi connectivity index (χ1n) is 9.99. The highest BCUT2D eigenvalue weighted by Crippen LogP contribution is 2.26. The van der Waals surface area contributed by atoms with Crippen LogP contribution in [0.4, 0.5) is 5.69 Å².